The van der Waals surface area contributed by atoms with Gasteiger partial charge in [-0.05, 0) is 26.3 Å². The fourth-order valence-electron chi connectivity index (χ4n) is 3.17. The summed E-state index contributed by atoms with van der Waals surface area (Å²) in [5.74, 6) is -0.0589. The van der Waals surface area contributed by atoms with E-state index in [1.165, 1.54) is 0 Å². The second kappa shape index (κ2) is 5.97. The summed E-state index contributed by atoms with van der Waals surface area (Å²) >= 11 is 0. The van der Waals surface area contributed by atoms with E-state index in [0.29, 0.717) is 12.4 Å². The van der Waals surface area contributed by atoms with E-state index in [4.69, 9.17) is 23.5 Å². The van der Waals surface area contributed by atoms with Gasteiger partial charge in [0.2, 0.25) is 0 Å². The average Bonchev–Trinajstić information content (AvgIpc) is 3.18. The Balaban J connectivity index is 1.55. The molecule has 6 heteroatoms. The van der Waals surface area contributed by atoms with Crippen LogP contribution in [0.15, 0.2) is 40.9 Å². The van der Waals surface area contributed by atoms with Crippen molar-refractivity contribution >= 4 is 0 Å². The Hall–Kier alpha value is -1.73. The average molecular weight is 331 g/mol. The number of fused-ring (bicyclic) bond motifs is 1. The second-order valence-electron chi connectivity index (χ2n) is 6.66. The van der Waals surface area contributed by atoms with E-state index >= 15 is 0 Å². The Morgan fingerprint density at radius 2 is 1.96 bits per heavy atom. The van der Waals surface area contributed by atoms with Crippen molar-refractivity contribution in [3.8, 4) is 0 Å². The highest BCUT2D eigenvalue weighted by molar-refractivity contribution is 5.15. The van der Waals surface area contributed by atoms with Gasteiger partial charge < -0.3 is 23.5 Å². The van der Waals surface area contributed by atoms with Crippen LogP contribution in [-0.2, 0) is 25.6 Å². The van der Waals surface area contributed by atoms with Crippen LogP contribution in [-0.4, -0.2) is 29.4 Å². The molecule has 0 spiro atoms. The molecule has 0 N–H and O–H groups in total. The number of hydrogen-bond donors (Lipinski definition) is 0. The van der Waals surface area contributed by atoms with Crippen molar-refractivity contribution in [1.29, 1.82) is 0 Å². The number of aryl methyl sites for hydroxylation is 1. The third kappa shape index (κ3) is 2.98. The Morgan fingerprint density at radius 3 is 2.67 bits per heavy atom. The molecule has 1 aromatic carbocycles. The maximum Gasteiger partial charge on any atom is 0.190 e. The number of hydrogen-bond acceptors (Lipinski definition) is 6. The van der Waals surface area contributed by atoms with Crippen molar-refractivity contribution in [3.63, 3.8) is 0 Å². The van der Waals surface area contributed by atoms with Gasteiger partial charge in [-0.25, -0.2) is 0 Å². The summed E-state index contributed by atoms with van der Waals surface area (Å²) in [5, 5.41) is 3.94. The van der Waals surface area contributed by atoms with Crippen molar-refractivity contribution in [3.05, 3.63) is 53.4 Å². The molecule has 2 aliphatic rings. The summed E-state index contributed by atoms with van der Waals surface area (Å²) in [6, 6.07) is 11.9. The van der Waals surface area contributed by atoms with Gasteiger partial charge in [0.25, 0.3) is 0 Å². The first-order valence-electron chi connectivity index (χ1n) is 8.12. The van der Waals surface area contributed by atoms with Crippen molar-refractivity contribution in [2.45, 2.75) is 57.8 Å². The van der Waals surface area contributed by atoms with E-state index in [-0.39, 0.29) is 12.2 Å². The van der Waals surface area contributed by atoms with Crippen LogP contribution in [0, 0.1) is 6.92 Å². The minimum atomic E-state index is -0.689. The molecular formula is C18H21NO5. The van der Waals surface area contributed by atoms with Gasteiger partial charge in [-0.2, -0.15) is 0 Å². The van der Waals surface area contributed by atoms with Crippen LogP contribution in [0.3, 0.4) is 0 Å². The predicted molar refractivity (Wildman–Crippen MR) is 83.9 cm³/mol. The minimum absolute atomic E-state index is 0.306. The van der Waals surface area contributed by atoms with Gasteiger partial charge in [-0.15, -0.1) is 0 Å². The third-order valence-electron chi connectivity index (χ3n) is 4.20. The van der Waals surface area contributed by atoms with Gasteiger partial charge in [0.15, 0.2) is 23.9 Å². The van der Waals surface area contributed by atoms with Gasteiger partial charge in [0.05, 0.1) is 12.3 Å². The molecule has 24 heavy (non-hydrogen) atoms. The zero-order chi connectivity index (χ0) is 16.7. The summed E-state index contributed by atoms with van der Waals surface area (Å²) in [6.45, 7) is 6.08. The lowest BCUT2D eigenvalue weighted by atomic mass is 10.1. The summed E-state index contributed by atoms with van der Waals surface area (Å²) in [6.07, 6.45) is -1.51. The third-order valence-corrected chi connectivity index (χ3v) is 4.20. The van der Waals surface area contributed by atoms with Crippen LogP contribution in [0.4, 0.5) is 0 Å². The fourth-order valence-corrected chi connectivity index (χ4v) is 3.17. The Bertz CT molecular complexity index is 698. The molecule has 1 aromatic heterocycles. The lowest BCUT2D eigenvalue weighted by Gasteiger charge is -2.24. The van der Waals surface area contributed by atoms with Gasteiger partial charge in [-0.3, -0.25) is 0 Å². The zero-order valence-electron chi connectivity index (χ0n) is 14.0. The number of ether oxygens (including phenoxy) is 4. The summed E-state index contributed by atoms with van der Waals surface area (Å²) < 4.78 is 29.4. The maximum absolute atomic E-state index is 6.15. The molecule has 2 aliphatic heterocycles. The summed E-state index contributed by atoms with van der Waals surface area (Å²) in [7, 11) is 0. The molecular weight excluding hydrogens is 310 g/mol. The van der Waals surface area contributed by atoms with E-state index in [9.17, 15) is 0 Å². The SMILES string of the molecule is Cc1cc([C@H]2O[C@@H]3OC(C)(C)O[C@@H]3[C@H]2OCc2ccccc2)on1. The molecule has 0 saturated carbocycles. The van der Waals surface area contributed by atoms with Crippen molar-refractivity contribution in [2.24, 2.45) is 0 Å². The number of benzene rings is 1. The molecule has 4 atom stereocenters. The molecule has 4 rings (SSSR count). The van der Waals surface area contributed by atoms with Gasteiger partial charge in [0, 0.05) is 6.07 Å². The monoisotopic (exact) mass is 331 g/mol. The molecule has 0 unspecified atom stereocenters. The molecule has 6 nitrogen and oxygen atoms in total. The van der Waals surface area contributed by atoms with E-state index in [2.05, 4.69) is 5.16 Å². The van der Waals surface area contributed by atoms with Gasteiger partial charge in [-0.1, -0.05) is 35.5 Å². The molecule has 0 bridgehead atoms. The fraction of sp³-hybridized carbons (Fsp3) is 0.500. The molecule has 2 saturated heterocycles. The van der Waals surface area contributed by atoms with Gasteiger partial charge >= 0.3 is 0 Å². The lowest BCUT2D eigenvalue weighted by Crippen LogP contribution is -2.33. The van der Waals surface area contributed by atoms with Crippen LogP contribution in [0.5, 0.6) is 0 Å². The van der Waals surface area contributed by atoms with Crippen LogP contribution in [0.2, 0.25) is 0 Å². The maximum atomic E-state index is 6.15. The normalized spacial score (nSPS) is 31.3. The largest absolute Gasteiger partial charge is 0.367 e. The van der Waals surface area contributed by atoms with Gasteiger partial charge in [0.1, 0.15) is 12.2 Å². The number of nitrogens with zero attached hydrogens (tertiary/aromatic N) is 1. The van der Waals surface area contributed by atoms with E-state index in [1.54, 1.807) is 0 Å². The number of aromatic nitrogens is 1. The molecule has 0 radical (unpaired) electrons. The molecule has 2 aromatic rings. The van der Waals surface area contributed by atoms with Crippen LogP contribution < -0.4 is 0 Å². The standard InChI is InChI=1S/C18H21NO5/c1-11-9-13(24-19-11)14-15(20-10-12-7-5-4-6-8-12)16-17(21-14)23-18(2,3)22-16/h4-9,14-17H,10H2,1-3H3/t14-,15+,16-,17-/m1/s1. The topological polar surface area (TPSA) is 63.0 Å². The highest BCUT2D eigenvalue weighted by atomic mass is 16.8. The quantitative estimate of drug-likeness (QED) is 0.858. The Kier molecular flexibility index (Phi) is 3.92. The van der Waals surface area contributed by atoms with Crippen molar-refractivity contribution < 1.29 is 23.5 Å². The lowest BCUT2D eigenvalue weighted by molar-refractivity contribution is -0.222. The van der Waals surface area contributed by atoms with Crippen LogP contribution in [0.1, 0.15) is 37.0 Å². The van der Waals surface area contributed by atoms with E-state index in [0.717, 1.165) is 11.3 Å². The first-order chi connectivity index (χ1) is 11.5. The second-order valence-corrected chi connectivity index (χ2v) is 6.66. The van der Waals surface area contributed by atoms with Crippen molar-refractivity contribution in [2.75, 3.05) is 0 Å². The molecule has 2 fully saturated rings. The molecule has 128 valence electrons. The van der Waals surface area contributed by atoms with Crippen LogP contribution in [0.25, 0.3) is 0 Å². The minimum Gasteiger partial charge on any atom is -0.367 e. The van der Waals surface area contributed by atoms with Crippen LogP contribution >= 0.6 is 0 Å². The first kappa shape index (κ1) is 15.8. The van der Waals surface area contributed by atoms with E-state index in [1.807, 2.05) is 57.2 Å². The molecule has 3 heterocycles. The summed E-state index contributed by atoms with van der Waals surface area (Å²) in [5.41, 5.74) is 1.89. The summed E-state index contributed by atoms with van der Waals surface area (Å²) in [4.78, 5) is 0. The van der Waals surface area contributed by atoms with Crippen molar-refractivity contribution in [1.82, 2.24) is 5.16 Å². The molecule has 0 amide bonds. The highest BCUT2D eigenvalue weighted by Gasteiger charge is 2.56. The van der Waals surface area contributed by atoms with E-state index < -0.39 is 18.2 Å². The smallest absolute Gasteiger partial charge is 0.190 e. The Labute approximate surface area is 140 Å². The highest BCUT2D eigenvalue weighted by Crippen LogP contribution is 2.44. The molecule has 0 aliphatic carbocycles. The zero-order valence-corrected chi connectivity index (χ0v) is 14.0. The predicted octanol–water partition coefficient (Wildman–Crippen LogP) is 3.12. The Morgan fingerprint density at radius 1 is 1.17 bits per heavy atom. The number of rotatable bonds is 4. The first-order valence-corrected chi connectivity index (χ1v) is 8.12.